The van der Waals surface area contributed by atoms with Gasteiger partial charge < -0.3 is 14.2 Å². The number of anilines is 1. The zero-order valence-corrected chi connectivity index (χ0v) is 24.9. The molecule has 6 rings (SSSR count). The van der Waals surface area contributed by atoms with E-state index in [4.69, 9.17) is 19.2 Å². The minimum atomic E-state index is -0.137. The molecule has 0 unspecified atom stereocenters. The number of nitrogens with zero attached hydrogens (tertiary/aromatic N) is 2. The first kappa shape index (κ1) is 28.8. The Bertz CT molecular complexity index is 1790. The van der Waals surface area contributed by atoms with Gasteiger partial charge in [0.2, 0.25) is 0 Å². The van der Waals surface area contributed by atoms with Crippen LogP contribution in [0.4, 0.5) is 11.4 Å². The molecule has 218 valence electrons. The van der Waals surface area contributed by atoms with Crippen molar-refractivity contribution in [1.82, 2.24) is 0 Å². The van der Waals surface area contributed by atoms with Crippen LogP contribution in [0, 0.1) is 0 Å². The Labute approximate surface area is 261 Å². The first-order chi connectivity index (χ1) is 21.7. The van der Waals surface area contributed by atoms with Crippen LogP contribution in [0.15, 0.2) is 143 Å². The van der Waals surface area contributed by atoms with E-state index in [-0.39, 0.29) is 5.91 Å². The summed E-state index contributed by atoms with van der Waals surface area (Å²) in [5.41, 5.74) is 4.35. The van der Waals surface area contributed by atoms with E-state index in [9.17, 15) is 4.79 Å². The normalized spacial score (nSPS) is 14.7. The molecule has 1 fully saturated rings. The van der Waals surface area contributed by atoms with Crippen molar-refractivity contribution in [3.8, 4) is 17.2 Å². The second-order valence-corrected chi connectivity index (χ2v) is 10.9. The van der Waals surface area contributed by atoms with Crippen molar-refractivity contribution in [3.05, 3.63) is 155 Å². The van der Waals surface area contributed by atoms with Crippen molar-refractivity contribution >= 4 is 40.3 Å². The lowest BCUT2D eigenvalue weighted by molar-refractivity contribution is -0.113. The molecule has 1 aliphatic heterocycles. The zero-order chi connectivity index (χ0) is 30.1. The van der Waals surface area contributed by atoms with E-state index in [1.807, 2.05) is 140 Å². The highest BCUT2D eigenvalue weighted by molar-refractivity contribution is 8.19. The SMILES string of the molecule is COc1cc(COc2ccccc2/C=C2/SC(=Nc3ccccc3)N(c3ccccc3)C2=O)ccc1OCc1ccccc1. The second-order valence-electron chi connectivity index (χ2n) is 9.90. The zero-order valence-electron chi connectivity index (χ0n) is 24.1. The van der Waals surface area contributed by atoms with Crippen molar-refractivity contribution in [1.29, 1.82) is 0 Å². The van der Waals surface area contributed by atoms with Gasteiger partial charge in [0, 0.05) is 5.56 Å². The van der Waals surface area contributed by atoms with E-state index in [1.54, 1.807) is 12.0 Å². The summed E-state index contributed by atoms with van der Waals surface area (Å²) in [5, 5.41) is 0.596. The number of thioether (sulfide) groups is 1. The third-order valence-corrected chi connectivity index (χ3v) is 7.84. The molecule has 5 aromatic carbocycles. The molecule has 0 atom stereocenters. The second kappa shape index (κ2) is 13.8. The monoisotopic (exact) mass is 598 g/mol. The molecule has 0 aliphatic carbocycles. The number of benzene rings is 5. The third-order valence-electron chi connectivity index (χ3n) is 6.87. The van der Waals surface area contributed by atoms with Crippen molar-refractivity contribution in [2.45, 2.75) is 13.2 Å². The fraction of sp³-hybridized carbons (Fsp3) is 0.0811. The Kier molecular flexibility index (Phi) is 9.04. The Morgan fingerprint density at radius 2 is 1.32 bits per heavy atom. The van der Waals surface area contributed by atoms with E-state index < -0.39 is 0 Å². The minimum Gasteiger partial charge on any atom is -0.493 e. The smallest absolute Gasteiger partial charge is 0.271 e. The van der Waals surface area contributed by atoms with Crippen LogP contribution in [0.1, 0.15) is 16.7 Å². The molecule has 0 spiro atoms. The molecule has 1 amide bonds. The summed E-state index contributed by atoms with van der Waals surface area (Å²) < 4.78 is 17.9. The summed E-state index contributed by atoms with van der Waals surface area (Å²) in [7, 11) is 1.63. The lowest BCUT2D eigenvalue weighted by Gasteiger charge is -2.15. The van der Waals surface area contributed by atoms with Gasteiger partial charge >= 0.3 is 0 Å². The highest BCUT2D eigenvalue weighted by atomic mass is 32.2. The summed E-state index contributed by atoms with van der Waals surface area (Å²) in [6, 6.07) is 42.7. The van der Waals surface area contributed by atoms with Gasteiger partial charge in [-0.2, -0.15) is 0 Å². The summed E-state index contributed by atoms with van der Waals surface area (Å²) in [4.78, 5) is 20.7. The van der Waals surface area contributed by atoms with Crippen LogP contribution in [-0.2, 0) is 18.0 Å². The Hall–Kier alpha value is -5.27. The molecule has 0 radical (unpaired) electrons. The minimum absolute atomic E-state index is 0.137. The summed E-state index contributed by atoms with van der Waals surface area (Å²) in [5.74, 6) is 1.83. The van der Waals surface area contributed by atoms with Gasteiger partial charge in [0.1, 0.15) is 19.0 Å². The van der Waals surface area contributed by atoms with Crippen LogP contribution in [0.25, 0.3) is 6.08 Å². The maximum absolute atomic E-state index is 13.7. The fourth-order valence-electron chi connectivity index (χ4n) is 4.66. The van der Waals surface area contributed by atoms with Gasteiger partial charge in [-0.1, -0.05) is 91.0 Å². The molecule has 7 heteroatoms. The molecule has 5 aromatic rings. The number of methoxy groups -OCH3 is 1. The van der Waals surface area contributed by atoms with Gasteiger partial charge in [-0.3, -0.25) is 9.69 Å². The Balaban J connectivity index is 1.21. The number of amides is 1. The molecule has 1 saturated heterocycles. The van der Waals surface area contributed by atoms with Crippen LogP contribution in [0.3, 0.4) is 0 Å². The van der Waals surface area contributed by atoms with Crippen LogP contribution in [-0.4, -0.2) is 18.2 Å². The van der Waals surface area contributed by atoms with Gasteiger partial charge in [-0.15, -0.1) is 0 Å². The van der Waals surface area contributed by atoms with Crippen LogP contribution >= 0.6 is 11.8 Å². The Morgan fingerprint density at radius 3 is 2.07 bits per heavy atom. The average molecular weight is 599 g/mol. The predicted molar refractivity (Wildman–Crippen MR) is 178 cm³/mol. The van der Waals surface area contributed by atoms with Gasteiger partial charge in [0.25, 0.3) is 5.91 Å². The topological polar surface area (TPSA) is 60.4 Å². The van der Waals surface area contributed by atoms with Crippen LogP contribution in [0.2, 0.25) is 0 Å². The highest BCUT2D eigenvalue weighted by Crippen LogP contribution is 2.38. The Morgan fingerprint density at radius 1 is 0.682 bits per heavy atom. The summed E-state index contributed by atoms with van der Waals surface area (Å²) in [6.07, 6.45) is 1.87. The molecule has 1 aliphatic rings. The third kappa shape index (κ3) is 6.85. The lowest BCUT2D eigenvalue weighted by Crippen LogP contribution is -2.28. The lowest BCUT2D eigenvalue weighted by atomic mass is 10.1. The molecule has 0 aromatic heterocycles. The van der Waals surface area contributed by atoms with E-state index in [0.717, 1.165) is 28.1 Å². The van der Waals surface area contributed by atoms with Gasteiger partial charge in [-0.25, -0.2) is 4.99 Å². The fourth-order valence-corrected chi connectivity index (χ4v) is 5.65. The number of carbonyl (C=O) groups excluding carboxylic acids is 1. The molecular formula is C37H30N2O4S. The predicted octanol–water partition coefficient (Wildman–Crippen LogP) is 8.66. The summed E-state index contributed by atoms with van der Waals surface area (Å²) >= 11 is 1.35. The van der Waals surface area contributed by atoms with Crippen LogP contribution < -0.4 is 19.1 Å². The maximum Gasteiger partial charge on any atom is 0.271 e. The molecular weight excluding hydrogens is 568 g/mol. The quantitative estimate of drug-likeness (QED) is 0.151. The van der Waals surface area contributed by atoms with E-state index in [1.165, 1.54) is 11.8 Å². The molecule has 6 nitrogen and oxygen atoms in total. The van der Waals surface area contributed by atoms with Crippen molar-refractivity contribution in [3.63, 3.8) is 0 Å². The molecule has 0 N–H and O–H groups in total. The van der Waals surface area contributed by atoms with Gasteiger partial charge in [0.05, 0.1) is 23.4 Å². The molecule has 0 bridgehead atoms. The number of para-hydroxylation sites is 3. The number of amidine groups is 1. The number of aliphatic imine (C=N–C) groups is 1. The number of carbonyl (C=O) groups is 1. The van der Waals surface area contributed by atoms with Crippen molar-refractivity contribution < 1.29 is 19.0 Å². The first-order valence-corrected chi connectivity index (χ1v) is 15.0. The average Bonchev–Trinajstić information content (AvgIpc) is 3.38. The van der Waals surface area contributed by atoms with Gasteiger partial charge in [-0.05, 0) is 71.4 Å². The number of hydrogen-bond donors (Lipinski definition) is 0. The van der Waals surface area contributed by atoms with Gasteiger partial charge in [0.15, 0.2) is 16.7 Å². The first-order valence-electron chi connectivity index (χ1n) is 14.2. The summed E-state index contributed by atoms with van der Waals surface area (Å²) in [6.45, 7) is 0.763. The largest absolute Gasteiger partial charge is 0.493 e. The molecule has 44 heavy (non-hydrogen) atoms. The van der Waals surface area contributed by atoms with E-state index in [2.05, 4.69) is 0 Å². The molecule has 0 saturated carbocycles. The van der Waals surface area contributed by atoms with Crippen molar-refractivity contribution in [2.75, 3.05) is 12.0 Å². The number of ether oxygens (including phenoxy) is 3. The number of hydrogen-bond acceptors (Lipinski definition) is 6. The number of rotatable bonds is 10. The van der Waals surface area contributed by atoms with E-state index >= 15 is 0 Å². The standard InChI is InChI=1S/C37H30N2O4S/c1-41-34-23-28(21-22-33(34)43-25-27-13-5-2-6-14-27)26-42-32-20-12-11-15-29(32)24-35-36(40)39(31-18-9-4-10-19-31)37(44-35)38-30-16-7-3-8-17-30/h2-24H,25-26H2,1H3/b35-24+,38-37?. The highest BCUT2D eigenvalue weighted by Gasteiger charge is 2.34. The maximum atomic E-state index is 13.7. The molecule has 1 heterocycles. The van der Waals surface area contributed by atoms with Crippen LogP contribution in [0.5, 0.6) is 17.2 Å². The van der Waals surface area contributed by atoms with E-state index in [0.29, 0.717) is 40.5 Å². The van der Waals surface area contributed by atoms with Crippen molar-refractivity contribution in [2.24, 2.45) is 4.99 Å².